The zero-order valence-electron chi connectivity index (χ0n) is 12.8. The van der Waals surface area contributed by atoms with Crippen LogP contribution < -0.4 is 11.1 Å². The van der Waals surface area contributed by atoms with Crippen molar-refractivity contribution in [3.63, 3.8) is 0 Å². The third-order valence-corrected chi connectivity index (χ3v) is 6.22. The van der Waals surface area contributed by atoms with Crippen molar-refractivity contribution in [2.45, 2.75) is 65.7 Å². The molecule has 0 radical (unpaired) electrons. The molecule has 2 saturated carbocycles. The van der Waals surface area contributed by atoms with E-state index in [1.165, 1.54) is 25.7 Å². The molecule has 2 rings (SSSR count). The summed E-state index contributed by atoms with van der Waals surface area (Å²) in [5.41, 5.74) is 6.01. The van der Waals surface area contributed by atoms with Gasteiger partial charge in [-0.1, -0.05) is 27.2 Å². The predicted molar refractivity (Wildman–Crippen MR) is 78.7 cm³/mol. The van der Waals surface area contributed by atoms with Crippen LogP contribution in [0.25, 0.3) is 0 Å². The Kier molecular flexibility index (Phi) is 3.97. The van der Waals surface area contributed by atoms with E-state index in [0.29, 0.717) is 17.9 Å². The van der Waals surface area contributed by atoms with Gasteiger partial charge in [0.2, 0.25) is 5.91 Å². The van der Waals surface area contributed by atoms with E-state index in [0.717, 1.165) is 25.8 Å². The highest BCUT2D eigenvalue weighted by Gasteiger charge is 2.64. The van der Waals surface area contributed by atoms with Gasteiger partial charge in [0.1, 0.15) is 0 Å². The molecule has 0 aromatic rings. The van der Waals surface area contributed by atoms with Crippen molar-refractivity contribution in [1.82, 2.24) is 5.32 Å². The zero-order chi connectivity index (χ0) is 14.1. The second-order valence-corrected chi connectivity index (χ2v) is 7.38. The van der Waals surface area contributed by atoms with E-state index in [1.807, 2.05) is 0 Å². The molecule has 1 amide bonds. The highest BCUT2D eigenvalue weighted by atomic mass is 16.2. The number of hydrogen-bond acceptors (Lipinski definition) is 2. The van der Waals surface area contributed by atoms with E-state index in [1.54, 1.807) is 0 Å². The van der Waals surface area contributed by atoms with Crippen LogP contribution in [0.1, 0.15) is 65.7 Å². The Hall–Kier alpha value is -0.570. The molecule has 2 aliphatic rings. The Morgan fingerprint density at radius 3 is 2.42 bits per heavy atom. The summed E-state index contributed by atoms with van der Waals surface area (Å²) in [5.74, 6) is 0.300. The van der Waals surface area contributed by atoms with Crippen LogP contribution in [0.5, 0.6) is 0 Å². The molecule has 0 aromatic heterocycles. The van der Waals surface area contributed by atoms with Crippen molar-refractivity contribution >= 4 is 5.91 Å². The number of nitrogens with one attached hydrogen (secondary N) is 1. The lowest BCUT2D eigenvalue weighted by Gasteiger charge is -2.63. The topological polar surface area (TPSA) is 55.1 Å². The summed E-state index contributed by atoms with van der Waals surface area (Å²) in [4.78, 5) is 12.7. The number of hydrogen-bond donors (Lipinski definition) is 2. The van der Waals surface area contributed by atoms with Crippen LogP contribution in [0.2, 0.25) is 0 Å². The van der Waals surface area contributed by atoms with Gasteiger partial charge in [0.25, 0.3) is 0 Å². The van der Waals surface area contributed by atoms with Crippen LogP contribution in [-0.4, -0.2) is 19.0 Å². The van der Waals surface area contributed by atoms with Crippen LogP contribution in [-0.2, 0) is 4.79 Å². The molecule has 110 valence electrons. The molecule has 0 heterocycles. The maximum absolute atomic E-state index is 12.7. The molecule has 2 aliphatic carbocycles. The Labute approximate surface area is 117 Å². The van der Waals surface area contributed by atoms with Gasteiger partial charge in [0.15, 0.2) is 0 Å². The number of carbonyl (C=O) groups excluding carboxylic acids is 1. The van der Waals surface area contributed by atoms with Crippen LogP contribution in [0, 0.1) is 16.2 Å². The fourth-order valence-electron chi connectivity index (χ4n) is 4.16. The van der Waals surface area contributed by atoms with Gasteiger partial charge >= 0.3 is 0 Å². The monoisotopic (exact) mass is 266 g/mol. The summed E-state index contributed by atoms with van der Waals surface area (Å²) in [5, 5.41) is 3.14. The summed E-state index contributed by atoms with van der Waals surface area (Å²) in [7, 11) is 0. The van der Waals surface area contributed by atoms with Gasteiger partial charge in [-0.3, -0.25) is 4.79 Å². The average Bonchev–Trinajstić information content (AvgIpc) is 2.39. The van der Waals surface area contributed by atoms with Crippen molar-refractivity contribution in [2.24, 2.45) is 22.0 Å². The first-order chi connectivity index (χ1) is 8.91. The fourth-order valence-corrected chi connectivity index (χ4v) is 4.16. The molecule has 3 unspecified atom stereocenters. The Morgan fingerprint density at radius 1 is 1.21 bits per heavy atom. The fraction of sp³-hybridized carbons (Fsp3) is 0.938. The third kappa shape index (κ3) is 2.31. The van der Waals surface area contributed by atoms with Gasteiger partial charge in [0.05, 0.1) is 5.41 Å². The first-order valence-electron chi connectivity index (χ1n) is 7.90. The molecule has 2 fully saturated rings. The van der Waals surface area contributed by atoms with Gasteiger partial charge in [-0.2, -0.15) is 0 Å². The molecule has 0 spiro atoms. The molecule has 3 nitrogen and oxygen atoms in total. The van der Waals surface area contributed by atoms with Crippen LogP contribution in [0.3, 0.4) is 0 Å². The van der Waals surface area contributed by atoms with Crippen LogP contribution >= 0.6 is 0 Å². The third-order valence-electron chi connectivity index (χ3n) is 6.22. The van der Waals surface area contributed by atoms with Crippen molar-refractivity contribution in [1.29, 1.82) is 0 Å². The zero-order valence-corrected chi connectivity index (χ0v) is 12.8. The lowest BCUT2D eigenvalue weighted by Crippen LogP contribution is -2.62. The Balaban J connectivity index is 2.11. The molecular weight excluding hydrogens is 236 g/mol. The van der Waals surface area contributed by atoms with Crippen molar-refractivity contribution < 1.29 is 4.79 Å². The standard InChI is InChI=1S/C16H30N2O/c1-4-14(2)6-7-15(3)8-9-16(15,12-14)13(19)18-11-5-10-17/h4-12,17H2,1-3H3,(H,18,19). The lowest BCUT2D eigenvalue weighted by molar-refractivity contribution is -0.175. The SMILES string of the molecule is CCC1(C)CCC2(C)CCC2(C(=O)NCCCN)C1. The van der Waals surface area contributed by atoms with Crippen LogP contribution in [0.15, 0.2) is 0 Å². The number of nitrogens with two attached hydrogens (primary N) is 1. The lowest BCUT2D eigenvalue weighted by atomic mass is 9.40. The van der Waals surface area contributed by atoms with E-state index in [2.05, 4.69) is 26.1 Å². The predicted octanol–water partition coefficient (Wildman–Crippen LogP) is 2.84. The Morgan fingerprint density at radius 2 is 1.89 bits per heavy atom. The van der Waals surface area contributed by atoms with E-state index in [4.69, 9.17) is 5.73 Å². The highest BCUT2D eigenvalue weighted by Crippen LogP contribution is 2.68. The second-order valence-electron chi connectivity index (χ2n) is 7.38. The van der Waals surface area contributed by atoms with E-state index >= 15 is 0 Å². The van der Waals surface area contributed by atoms with Gasteiger partial charge in [-0.15, -0.1) is 0 Å². The molecule has 0 aliphatic heterocycles. The van der Waals surface area contributed by atoms with Gasteiger partial charge in [-0.05, 0) is 55.9 Å². The molecule has 19 heavy (non-hydrogen) atoms. The van der Waals surface area contributed by atoms with Crippen molar-refractivity contribution in [3.05, 3.63) is 0 Å². The molecular formula is C16H30N2O. The summed E-state index contributed by atoms with van der Waals surface area (Å²) in [6.45, 7) is 8.34. The number of carbonyl (C=O) groups is 1. The summed E-state index contributed by atoms with van der Waals surface area (Å²) >= 11 is 0. The minimum absolute atomic E-state index is 0.0927. The van der Waals surface area contributed by atoms with E-state index in [9.17, 15) is 4.79 Å². The van der Waals surface area contributed by atoms with Crippen molar-refractivity contribution in [3.8, 4) is 0 Å². The minimum atomic E-state index is -0.0927. The second kappa shape index (κ2) is 5.08. The minimum Gasteiger partial charge on any atom is -0.356 e. The molecule has 3 N–H and O–H groups in total. The maximum Gasteiger partial charge on any atom is 0.226 e. The Bertz CT molecular complexity index is 357. The van der Waals surface area contributed by atoms with E-state index < -0.39 is 0 Å². The average molecular weight is 266 g/mol. The first kappa shape index (κ1) is 14.8. The first-order valence-corrected chi connectivity index (χ1v) is 7.90. The van der Waals surface area contributed by atoms with Gasteiger partial charge in [-0.25, -0.2) is 0 Å². The normalized spacial score (nSPS) is 41.3. The van der Waals surface area contributed by atoms with Crippen LogP contribution in [0.4, 0.5) is 0 Å². The number of amides is 1. The summed E-state index contributed by atoms with van der Waals surface area (Å²) in [6.07, 6.45) is 7.91. The summed E-state index contributed by atoms with van der Waals surface area (Å²) in [6, 6.07) is 0. The molecule has 0 aromatic carbocycles. The highest BCUT2D eigenvalue weighted by molar-refractivity contribution is 5.85. The largest absolute Gasteiger partial charge is 0.356 e. The smallest absolute Gasteiger partial charge is 0.226 e. The number of rotatable bonds is 5. The maximum atomic E-state index is 12.7. The number of fused-ring (bicyclic) bond motifs is 1. The quantitative estimate of drug-likeness (QED) is 0.752. The van der Waals surface area contributed by atoms with Gasteiger partial charge in [0, 0.05) is 6.54 Å². The van der Waals surface area contributed by atoms with Crippen molar-refractivity contribution in [2.75, 3.05) is 13.1 Å². The molecule has 3 atom stereocenters. The summed E-state index contributed by atoms with van der Waals surface area (Å²) < 4.78 is 0. The molecule has 0 bridgehead atoms. The van der Waals surface area contributed by atoms with Gasteiger partial charge < -0.3 is 11.1 Å². The molecule has 3 heteroatoms. The molecule has 0 saturated heterocycles. The van der Waals surface area contributed by atoms with E-state index in [-0.39, 0.29) is 10.8 Å².